The van der Waals surface area contributed by atoms with E-state index in [2.05, 4.69) is 23.8 Å². The Hall–Kier alpha value is -1.12. The Morgan fingerprint density at radius 3 is 2.83 bits per heavy atom. The highest BCUT2D eigenvalue weighted by molar-refractivity contribution is 5.42. The fourth-order valence-corrected chi connectivity index (χ4v) is 4.13. The lowest BCUT2D eigenvalue weighted by molar-refractivity contribution is 0.302. The van der Waals surface area contributed by atoms with Crippen molar-refractivity contribution in [3.8, 4) is 0 Å². The van der Waals surface area contributed by atoms with E-state index in [1.807, 2.05) is 0 Å². The number of nitrogens with two attached hydrogens (primary N) is 1. The van der Waals surface area contributed by atoms with Crippen molar-refractivity contribution in [2.45, 2.75) is 64.2 Å². The fourth-order valence-electron chi connectivity index (χ4n) is 4.13. The summed E-state index contributed by atoms with van der Waals surface area (Å²) in [5, 5.41) is 0. The van der Waals surface area contributed by atoms with Crippen LogP contribution in [0, 0.1) is 5.92 Å². The Bertz CT molecular complexity index is 455. The molecule has 3 unspecified atom stereocenters. The topological polar surface area (TPSA) is 51.8 Å². The van der Waals surface area contributed by atoms with E-state index in [0.29, 0.717) is 11.9 Å². The summed E-state index contributed by atoms with van der Waals surface area (Å²) < 4.78 is 0. The first kappa shape index (κ1) is 11.9. The first-order chi connectivity index (χ1) is 8.74. The zero-order chi connectivity index (χ0) is 12.7. The minimum atomic E-state index is 0.486. The highest BCUT2D eigenvalue weighted by atomic mass is 15.0. The largest absolute Gasteiger partial charge is 0.368 e. The molecule has 0 aromatic carbocycles. The van der Waals surface area contributed by atoms with Gasteiger partial charge in [-0.05, 0) is 43.1 Å². The van der Waals surface area contributed by atoms with Crippen LogP contribution in [-0.4, -0.2) is 9.97 Å². The minimum Gasteiger partial charge on any atom is -0.368 e. The molecular weight excluding hydrogens is 222 g/mol. The van der Waals surface area contributed by atoms with Crippen molar-refractivity contribution in [1.82, 2.24) is 9.97 Å². The molecule has 3 nitrogen and oxygen atoms in total. The zero-order valence-electron chi connectivity index (χ0n) is 11.4. The van der Waals surface area contributed by atoms with Crippen molar-refractivity contribution in [2.75, 3.05) is 5.73 Å². The van der Waals surface area contributed by atoms with Crippen LogP contribution in [-0.2, 0) is 6.42 Å². The van der Waals surface area contributed by atoms with Crippen molar-refractivity contribution in [3.63, 3.8) is 0 Å². The van der Waals surface area contributed by atoms with E-state index >= 15 is 0 Å². The summed E-state index contributed by atoms with van der Waals surface area (Å²) in [5.74, 6) is 2.62. The molecule has 1 heterocycles. The summed E-state index contributed by atoms with van der Waals surface area (Å²) in [6, 6.07) is 0. The van der Waals surface area contributed by atoms with E-state index in [0.717, 1.165) is 18.3 Å². The maximum Gasteiger partial charge on any atom is 0.220 e. The molecule has 0 radical (unpaired) electrons. The van der Waals surface area contributed by atoms with Crippen LogP contribution in [0.3, 0.4) is 0 Å². The summed E-state index contributed by atoms with van der Waals surface area (Å²) in [6.07, 6.45) is 7.50. The van der Waals surface area contributed by atoms with Crippen molar-refractivity contribution < 1.29 is 0 Å². The SMILES string of the molecule is CCCC1CC2CCc3nc(N)nc(c32)C1CC. The first-order valence-electron chi connectivity index (χ1n) is 7.40. The third-order valence-corrected chi connectivity index (χ3v) is 4.82. The molecule has 1 aromatic rings. The van der Waals surface area contributed by atoms with Crippen LogP contribution in [0.5, 0.6) is 0 Å². The molecule has 18 heavy (non-hydrogen) atoms. The molecule has 2 N–H and O–H groups in total. The summed E-state index contributed by atoms with van der Waals surface area (Å²) >= 11 is 0. The molecular formula is C15H23N3. The molecule has 2 aliphatic carbocycles. The molecule has 3 heteroatoms. The Kier molecular flexibility index (Phi) is 3.00. The van der Waals surface area contributed by atoms with Crippen LogP contribution in [0.2, 0.25) is 0 Å². The van der Waals surface area contributed by atoms with E-state index in [1.165, 1.54) is 49.1 Å². The number of anilines is 1. The lowest BCUT2D eigenvalue weighted by atomic mass is 9.71. The van der Waals surface area contributed by atoms with Crippen LogP contribution in [0.1, 0.15) is 74.7 Å². The van der Waals surface area contributed by atoms with E-state index in [9.17, 15) is 0 Å². The Labute approximate surface area is 109 Å². The second-order valence-electron chi connectivity index (χ2n) is 5.86. The van der Waals surface area contributed by atoms with Gasteiger partial charge in [0, 0.05) is 11.6 Å². The summed E-state index contributed by atoms with van der Waals surface area (Å²) in [5.41, 5.74) is 9.91. The number of rotatable bonds is 3. The van der Waals surface area contributed by atoms with Gasteiger partial charge in [-0.25, -0.2) is 9.97 Å². The van der Waals surface area contributed by atoms with Crippen molar-refractivity contribution in [2.24, 2.45) is 5.92 Å². The summed E-state index contributed by atoms with van der Waals surface area (Å²) in [7, 11) is 0. The van der Waals surface area contributed by atoms with Gasteiger partial charge in [-0.1, -0.05) is 26.7 Å². The van der Waals surface area contributed by atoms with Gasteiger partial charge in [-0.3, -0.25) is 0 Å². The van der Waals surface area contributed by atoms with Gasteiger partial charge in [0.25, 0.3) is 0 Å². The van der Waals surface area contributed by atoms with E-state index in [-0.39, 0.29) is 0 Å². The highest BCUT2D eigenvalue weighted by Gasteiger charge is 2.39. The van der Waals surface area contributed by atoms with E-state index in [1.54, 1.807) is 0 Å². The van der Waals surface area contributed by atoms with Gasteiger partial charge >= 0.3 is 0 Å². The van der Waals surface area contributed by atoms with Gasteiger partial charge in [0.2, 0.25) is 5.95 Å². The average molecular weight is 245 g/mol. The van der Waals surface area contributed by atoms with Gasteiger partial charge in [-0.15, -0.1) is 0 Å². The molecule has 0 bridgehead atoms. The number of nitrogens with zero attached hydrogens (tertiary/aromatic N) is 2. The van der Waals surface area contributed by atoms with Crippen LogP contribution in [0.25, 0.3) is 0 Å². The van der Waals surface area contributed by atoms with E-state index < -0.39 is 0 Å². The quantitative estimate of drug-likeness (QED) is 0.888. The maximum absolute atomic E-state index is 5.89. The number of hydrogen-bond donors (Lipinski definition) is 1. The molecule has 0 saturated heterocycles. The average Bonchev–Trinajstić information content (AvgIpc) is 2.73. The molecule has 0 saturated carbocycles. The second kappa shape index (κ2) is 4.52. The van der Waals surface area contributed by atoms with Gasteiger partial charge < -0.3 is 5.73 Å². The van der Waals surface area contributed by atoms with Gasteiger partial charge in [0.15, 0.2) is 0 Å². The molecule has 3 rings (SSSR count). The van der Waals surface area contributed by atoms with Crippen LogP contribution >= 0.6 is 0 Å². The predicted molar refractivity (Wildman–Crippen MR) is 73.6 cm³/mol. The van der Waals surface area contributed by atoms with Crippen molar-refractivity contribution in [1.29, 1.82) is 0 Å². The molecule has 2 aliphatic rings. The monoisotopic (exact) mass is 245 g/mol. The summed E-state index contributed by atoms with van der Waals surface area (Å²) in [6.45, 7) is 4.57. The smallest absolute Gasteiger partial charge is 0.220 e. The number of aryl methyl sites for hydroxylation is 1. The van der Waals surface area contributed by atoms with Crippen LogP contribution in [0.15, 0.2) is 0 Å². The van der Waals surface area contributed by atoms with Gasteiger partial charge in [-0.2, -0.15) is 0 Å². The normalized spacial score (nSPS) is 29.3. The fraction of sp³-hybridized carbons (Fsp3) is 0.733. The number of nitrogen functional groups attached to an aromatic ring is 1. The third kappa shape index (κ3) is 1.72. The molecule has 0 spiro atoms. The number of hydrogen-bond acceptors (Lipinski definition) is 3. The highest BCUT2D eigenvalue weighted by Crippen LogP contribution is 2.50. The Morgan fingerprint density at radius 2 is 2.11 bits per heavy atom. The molecule has 3 atom stereocenters. The molecule has 98 valence electrons. The minimum absolute atomic E-state index is 0.486. The molecule has 1 aromatic heterocycles. The van der Waals surface area contributed by atoms with Crippen molar-refractivity contribution >= 4 is 5.95 Å². The molecule has 0 fully saturated rings. The lowest BCUT2D eigenvalue weighted by Crippen LogP contribution is -2.24. The second-order valence-corrected chi connectivity index (χ2v) is 5.86. The molecule has 0 aliphatic heterocycles. The standard InChI is InChI=1S/C15H23N3/c1-3-5-9-8-10-6-7-12-13(10)14(11(9)4-2)18-15(16)17-12/h9-11H,3-8H2,1-2H3,(H2,16,17,18). The van der Waals surface area contributed by atoms with Crippen LogP contribution in [0.4, 0.5) is 5.95 Å². The predicted octanol–water partition coefficient (Wildman–Crippen LogP) is 3.40. The van der Waals surface area contributed by atoms with Gasteiger partial charge in [0.05, 0.1) is 5.69 Å². The Balaban J connectivity index is 2.07. The van der Waals surface area contributed by atoms with Crippen LogP contribution < -0.4 is 5.73 Å². The maximum atomic E-state index is 5.89. The number of aromatic nitrogens is 2. The van der Waals surface area contributed by atoms with E-state index in [4.69, 9.17) is 5.73 Å². The zero-order valence-corrected chi connectivity index (χ0v) is 11.4. The lowest BCUT2D eigenvalue weighted by Gasteiger charge is -2.35. The van der Waals surface area contributed by atoms with Crippen molar-refractivity contribution in [3.05, 3.63) is 17.0 Å². The summed E-state index contributed by atoms with van der Waals surface area (Å²) in [4.78, 5) is 9.07. The first-order valence-corrected chi connectivity index (χ1v) is 7.40. The Morgan fingerprint density at radius 1 is 1.28 bits per heavy atom. The van der Waals surface area contributed by atoms with Gasteiger partial charge in [0.1, 0.15) is 0 Å². The molecule has 0 amide bonds. The third-order valence-electron chi connectivity index (χ3n) is 4.82.